The Morgan fingerprint density at radius 1 is 0.958 bits per heavy atom. The average molecular weight is 320 g/mol. The fourth-order valence-corrected chi connectivity index (χ4v) is 2.90. The second-order valence-electron chi connectivity index (χ2n) is 5.74. The molecule has 1 aliphatic rings. The summed E-state index contributed by atoms with van der Waals surface area (Å²) in [7, 11) is 0. The summed E-state index contributed by atoms with van der Waals surface area (Å²) in [4.78, 5) is 19.3. The molecular weight excluding hydrogens is 307 g/mol. The highest BCUT2D eigenvalue weighted by atomic mass is 19.1. The minimum Gasteiger partial charge on any atom is -0.494 e. The van der Waals surface area contributed by atoms with Gasteiger partial charge in [0.15, 0.2) is 5.88 Å². The lowest BCUT2D eigenvalue weighted by molar-refractivity contribution is 0.101. The molecule has 0 atom stereocenters. The average Bonchev–Trinajstić information content (AvgIpc) is 3.08. The zero-order valence-corrected chi connectivity index (χ0v) is 12.8. The van der Waals surface area contributed by atoms with Crippen molar-refractivity contribution in [2.75, 3.05) is 0 Å². The first-order valence-corrected chi connectivity index (χ1v) is 7.46. The van der Waals surface area contributed by atoms with Crippen LogP contribution in [-0.2, 0) is 0 Å². The van der Waals surface area contributed by atoms with Gasteiger partial charge in [-0.3, -0.25) is 4.79 Å². The Balaban J connectivity index is 1.87. The second-order valence-corrected chi connectivity index (χ2v) is 5.74. The zero-order chi connectivity index (χ0) is 16.8. The number of nitrogens with zero attached hydrogens (tertiary/aromatic N) is 1. The first kappa shape index (κ1) is 14.4. The van der Waals surface area contributed by atoms with Gasteiger partial charge in [0, 0.05) is 5.56 Å². The van der Waals surface area contributed by atoms with E-state index in [4.69, 9.17) is 0 Å². The van der Waals surface area contributed by atoms with Crippen molar-refractivity contribution in [3.05, 3.63) is 76.6 Å². The summed E-state index contributed by atoms with van der Waals surface area (Å²) in [6, 6.07) is 13.3. The number of amides is 1. The topological polar surface area (TPSA) is 65.5 Å². The molecule has 24 heavy (non-hydrogen) atoms. The number of nitrogens with one attached hydrogen (secondary N) is 1. The number of halogens is 1. The van der Waals surface area contributed by atoms with Crippen LogP contribution in [0.2, 0.25) is 0 Å². The van der Waals surface area contributed by atoms with Crippen molar-refractivity contribution >= 4 is 11.6 Å². The van der Waals surface area contributed by atoms with Gasteiger partial charge < -0.3 is 10.1 Å². The number of carbonyl (C=O) groups excluding carboxylic acids is 1. The van der Waals surface area contributed by atoms with E-state index in [2.05, 4.69) is 9.98 Å². The molecule has 0 bridgehead atoms. The molecule has 0 spiro atoms. The fraction of sp³-hybridized carbons (Fsp3) is 0.0526. The molecule has 1 aliphatic heterocycles. The number of fused-ring (bicyclic) bond motifs is 1. The van der Waals surface area contributed by atoms with Crippen LogP contribution in [0.1, 0.15) is 27.0 Å². The van der Waals surface area contributed by atoms with Crippen LogP contribution >= 0.6 is 0 Å². The molecule has 0 aliphatic carbocycles. The molecule has 4 nitrogen and oxygen atoms in total. The summed E-state index contributed by atoms with van der Waals surface area (Å²) in [5.74, 6) is -0.903. The number of aromatic amines is 1. The van der Waals surface area contributed by atoms with Gasteiger partial charge in [-0.25, -0.2) is 9.38 Å². The third-order valence-electron chi connectivity index (χ3n) is 4.10. The van der Waals surface area contributed by atoms with Crippen molar-refractivity contribution < 1.29 is 14.3 Å². The maximum Gasteiger partial charge on any atom is 0.280 e. The van der Waals surface area contributed by atoms with Crippen molar-refractivity contribution in [1.29, 1.82) is 0 Å². The quantitative estimate of drug-likeness (QED) is 0.754. The number of aromatic hydroxyl groups is 1. The Morgan fingerprint density at radius 3 is 2.25 bits per heavy atom. The van der Waals surface area contributed by atoms with E-state index in [1.807, 2.05) is 31.2 Å². The fourth-order valence-electron chi connectivity index (χ4n) is 2.90. The van der Waals surface area contributed by atoms with Crippen LogP contribution in [-0.4, -0.2) is 21.7 Å². The SMILES string of the molecule is Cc1ccc(C2=NC(=O)c3c(-c4ccc(F)cc4)[nH]c(O)c32)cc1. The number of H-pyrrole nitrogens is 1. The minimum atomic E-state index is -0.420. The maximum absolute atomic E-state index is 13.1. The standard InChI is InChI=1S/C19H13FN2O2/c1-10-2-4-11(5-3-10)16-14-15(19(24)21-16)17(22-18(14)23)12-6-8-13(20)9-7-12/h2-9,22-23H,1H3. The zero-order valence-electron chi connectivity index (χ0n) is 12.8. The van der Waals surface area contributed by atoms with E-state index in [0.717, 1.165) is 11.1 Å². The Bertz CT molecular complexity index is 983. The highest BCUT2D eigenvalue weighted by Crippen LogP contribution is 2.37. The third-order valence-corrected chi connectivity index (χ3v) is 4.10. The van der Waals surface area contributed by atoms with Gasteiger partial charge in [0.1, 0.15) is 5.82 Å². The summed E-state index contributed by atoms with van der Waals surface area (Å²) in [6.45, 7) is 1.97. The second kappa shape index (κ2) is 5.16. The van der Waals surface area contributed by atoms with E-state index >= 15 is 0 Å². The van der Waals surface area contributed by atoms with E-state index in [0.29, 0.717) is 28.1 Å². The van der Waals surface area contributed by atoms with E-state index in [9.17, 15) is 14.3 Å². The number of aryl methyl sites for hydroxylation is 1. The molecule has 0 saturated heterocycles. The number of aromatic nitrogens is 1. The van der Waals surface area contributed by atoms with E-state index in [-0.39, 0.29) is 11.7 Å². The van der Waals surface area contributed by atoms with Gasteiger partial charge in [-0.15, -0.1) is 0 Å². The van der Waals surface area contributed by atoms with Crippen LogP contribution in [0.25, 0.3) is 11.3 Å². The molecule has 0 unspecified atom stereocenters. The Labute approximate surface area is 137 Å². The summed E-state index contributed by atoms with van der Waals surface area (Å²) in [5, 5.41) is 10.3. The predicted octanol–water partition coefficient (Wildman–Crippen LogP) is 3.83. The molecular formula is C19H13FN2O2. The van der Waals surface area contributed by atoms with Crippen LogP contribution in [0.15, 0.2) is 53.5 Å². The lowest BCUT2D eigenvalue weighted by Crippen LogP contribution is -1.99. The van der Waals surface area contributed by atoms with Gasteiger partial charge in [0.2, 0.25) is 0 Å². The molecule has 0 fully saturated rings. The first-order chi connectivity index (χ1) is 11.5. The first-order valence-electron chi connectivity index (χ1n) is 7.46. The molecule has 0 saturated carbocycles. The van der Waals surface area contributed by atoms with Crippen LogP contribution in [0.5, 0.6) is 5.88 Å². The van der Waals surface area contributed by atoms with Gasteiger partial charge >= 0.3 is 0 Å². The van der Waals surface area contributed by atoms with E-state index in [1.165, 1.54) is 12.1 Å². The Hall–Kier alpha value is -3.21. The van der Waals surface area contributed by atoms with Crippen LogP contribution in [0, 0.1) is 12.7 Å². The number of rotatable bonds is 2. The normalized spacial score (nSPS) is 13.1. The largest absolute Gasteiger partial charge is 0.494 e. The van der Waals surface area contributed by atoms with Gasteiger partial charge in [-0.1, -0.05) is 29.8 Å². The summed E-state index contributed by atoms with van der Waals surface area (Å²) in [6.07, 6.45) is 0. The van der Waals surface area contributed by atoms with Crippen LogP contribution in [0.4, 0.5) is 4.39 Å². The Morgan fingerprint density at radius 2 is 1.58 bits per heavy atom. The van der Waals surface area contributed by atoms with Gasteiger partial charge in [-0.2, -0.15) is 0 Å². The smallest absolute Gasteiger partial charge is 0.280 e. The minimum absolute atomic E-state index is 0.116. The molecule has 1 aromatic heterocycles. The van der Waals surface area contributed by atoms with Crippen molar-refractivity contribution in [1.82, 2.24) is 4.98 Å². The van der Waals surface area contributed by atoms with Gasteiger partial charge in [0.05, 0.1) is 22.5 Å². The number of aliphatic imine (C=N–C) groups is 1. The molecule has 5 heteroatoms. The summed E-state index contributed by atoms with van der Waals surface area (Å²) < 4.78 is 13.1. The van der Waals surface area contributed by atoms with Crippen LogP contribution < -0.4 is 0 Å². The molecule has 0 radical (unpaired) electrons. The molecule has 118 valence electrons. The molecule has 3 aromatic rings. The van der Waals surface area contributed by atoms with E-state index in [1.54, 1.807) is 12.1 Å². The molecule has 2 heterocycles. The summed E-state index contributed by atoms with van der Waals surface area (Å²) >= 11 is 0. The van der Waals surface area contributed by atoms with Crippen LogP contribution in [0.3, 0.4) is 0 Å². The molecule has 2 N–H and O–H groups in total. The van der Waals surface area contributed by atoms with E-state index < -0.39 is 5.91 Å². The van der Waals surface area contributed by atoms with Crippen molar-refractivity contribution in [2.45, 2.75) is 6.92 Å². The highest BCUT2D eigenvalue weighted by Gasteiger charge is 2.33. The third kappa shape index (κ3) is 2.13. The lowest BCUT2D eigenvalue weighted by atomic mass is 9.99. The lowest BCUT2D eigenvalue weighted by Gasteiger charge is -2.01. The van der Waals surface area contributed by atoms with Crippen molar-refractivity contribution in [3.8, 4) is 17.1 Å². The summed E-state index contributed by atoms with van der Waals surface area (Å²) in [5.41, 5.74) is 4.05. The molecule has 4 rings (SSSR count). The number of carbonyl (C=O) groups is 1. The monoisotopic (exact) mass is 320 g/mol. The molecule has 2 aromatic carbocycles. The predicted molar refractivity (Wildman–Crippen MR) is 89.0 cm³/mol. The highest BCUT2D eigenvalue weighted by molar-refractivity contribution is 6.30. The van der Waals surface area contributed by atoms with Gasteiger partial charge in [0.25, 0.3) is 5.91 Å². The maximum atomic E-state index is 13.1. The van der Waals surface area contributed by atoms with Crippen molar-refractivity contribution in [2.24, 2.45) is 4.99 Å². The van der Waals surface area contributed by atoms with Crippen molar-refractivity contribution in [3.63, 3.8) is 0 Å². The Kier molecular flexibility index (Phi) is 3.09. The van der Waals surface area contributed by atoms with Gasteiger partial charge in [-0.05, 0) is 36.8 Å². The number of hydrogen-bond acceptors (Lipinski definition) is 2. The number of benzene rings is 2. The molecule has 1 amide bonds. The number of hydrogen-bond donors (Lipinski definition) is 2.